The maximum Gasteiger partial charge on any atom is 0.160 e. The molecule has 0 amide bonds. The highest BCUT2D eigenvalue weighted by molar-refractivity contribution is 6.17. The Morgan fingerprint density at radius 2 is 2.40 bits per heavy atom. The van der Waals surface area contributed by atoms with Gasteiger partial charge >= 0.3 is 0 Å². The van der Waals surface area contributed by atoms with Crippen molar-refractivity contribution in [1.82, 2.24) is 14.5 Å². The molecule has 1 aliphatic heterocycles. The van der Waals surface area contributed by atoms with Gasteiger partial charge in [0.15, 0.2) is 5.65 Å². The van der Waals surface area contributed by atoms with Gasteiger partial charge in [-0.2, -0.15) is 0 Å². The minimum atomic E-state index is 0.245. The van der Waals surface area contributed by atoms with E-state index < -0.39 is 0 Å². The van der Waals surface area contributed by atoms with E-state index in [0.717, 1.165) is 48.4 Å². The number of nitrogens with zero attached hydrogens (tertiary/aromatic N) is 3. The van der Waals surface area contributed by atoms with Gasteiger partial charge in [-0.05, 0) is 38.3 Å². The van der Waals surface area contributed by atoms with E-state index in [-0.39, 0.29) is 12.1 Å². The first kappa shape index (κ1) is 13.8. The lowest BCUT2D eigenvalue weighted by molar-refractivity contribution is 0.0735. The van der Waals surface area contributed by atoms with Crippen LogP contribution < -0.4 is 0 Å². The fourth-order valence-electron chi connectivity index (χ4n) is 2.99. The molecule has 1 fully saturated rings. The third-order valence-corrected chi connectivity index (χ3v) is 4.27. The van der Waals surface area contributed by atoms with Gasteiger partial charge in [0.05, 0.1) is 12.1 Å². The zero-order valence-corrected chi connectivity index (χ0v) is 12.7. The van der Waals surface area contributed by atoms with E-state index in [9.17, 15) is 0 Å². The van der Waals surface area contributed by atoms with Crippen molar-refractivity contribution >= 4 is 22.8 Å². The number of alkyl halides is 1. The molecule has 3 rings (SSSR count). The monoisotopic (exact) mass is 293 g/mol. The van der Waals surface area contributed by atoms with E-state index >= 15 is 0 Å². The maximum atomic E-state index is 5.93. The van der Waals surface area contributed by atoms with Gasteiger partial charge in [0.1, 0.15) is 11.3 Å². The number of fused-ring (bicyclic) bond motifs is 1. The average Bonchev–Trinajstić information content (AvgIpc) is 3.06. The minimum Gasteiger partial charge on any atom is -0.376 e. The summed E-state index contributed by atoms with van der Waals surface area (Å²) in [5.74, 6) is 1.58. The van der Waals surface area contributed by atoms with E-state index in [1.54, 1.807) is 0 Å². The number of imidazole rings is 1. The molecule has 2 atom stereocenters. The number of aromatic nitrogens is 3. The van der Waals surface area contributed by atoms with Gasteiger partial charge in [-0.3, -0.25) is 0 Å². The van der Waals surface area contributed by atoms with Crippen molar-refractivity contribution in [3.63, 3.8) is 0 Å². The number of rotatable bonds is 4. The molecule has 20 heavy (non-hydrogen) atoms. The topological polar surface area (TPSA) is 39.9 Å². The summed E-state index contributed by atoms with van der Waals surface area (Å²) in [7, 11) is 0. The Kier molecular flexibility index (Phi) is 3.94. The largest absolute Gasteiger partial charge is 0.376 e. The van der Waals surface area contributed by atoms with Gasteiger partial charge in [-0.1, -0.05) is 0 Å². The molecule has 3 heterocycles. The quantitative estimate of drug-likeness (QED) is 0.812. The lowest BCUT2D eigenvalue weighted by atomic mass is 10.1. The van der Waals surface area contributed by atoms with Gasteiger partial charge in [-0.15, -0.1) is 11.6 Å². The van der Waals surface area contributed by atoms with Crippen molar-refractivity contribution in [3.05, 3.63) is 23.7 Å². The number of halogens is 1. The SMILES string of the molecule is Cc1ccnc2c1nc(CCCl)n2C(C)C1CCCO1. The molecule has 0 N–H and O–H groups in total. The van der Waals surface area contributed by atoms with Crippen LogP contribution in [-0.4, -0.2) is 33.1 Å². The van der Waals surface area contributed by atoms with E-state index in [1.807, 2.05) is 12.3 Å². The molecule has 1 saturated heterocycles. The first-order valence-electron chi connectivity index (χ1n) is 7.22. The van der Waals surface area contributed by atoms with E-state index in [4.69, 9.17) is 21.3 Å². The Morgan fingerprint density at radius 1 is 1.55 bits per heavy atom. The summed E-state index contributed by atoms with van der Waals surface area (Å²) in [4.78, 5) is 9.29. The van der Waals surface area contributed by atoms with Crippen molar-refractivity contribution in [3.8, 4) is 0 Å². The van der Waals surface area contributed by atoms with Crippen LogP contribution in [0.15, 0.2) is 12.3 Å². The Balaban J connectivity index is 2.10. The van der Waals surface area contributed by atoms with Gasteiger partial charge in [-0.25, -0.2) is 9.97 Å². The zero-order chi connectivity index (χ0) is 14.1. The smallest absolute Gasteiger partial charge is 0.160 e. The average molecular weight is 294 g/mol. The third kappa shape index (κ3) is 2.31. The second kappa shape index (κ2) is 5.70. The van der Waals surface area contributed by atoms with Crippen molar-refractivity contribution in [2.45, 2.75) is 45.3 Å². The molecular formula is C15H20ClN3O. The van der Waals surface area contributed by atoms with Crippen molar-refractivity contribution in [1.29, 1.82) is 0 Å². The molecular weight excluding hydrogens is 274 g/mol. The van der Waals surface area contributed by atoms with Gasteiger partial charge in [0.25, 0.3) is 0 Å². The lowest BCUT2D eigenvalue weighted by Crippen LogP contribution is -2.23. The van der Waals surface area contributed by atoms with Crippen molar-refractivity contribution in [2.24, 2.45) is 0 Å². The fraction of sp³-hybridized carbons (Fsp3) is 0.600. The van der Waals surface area contributed by atoms with Crippen LogP contribution in [0.25, 0.3) is 11.2 Å². The van der Waals surface area contributed by atoms with Crippen molar-refractivity contribution in [2.75, 3.05) is 12.5 Å². The predicted octanol–water partition coefficient (Wildman–Crippen LogP) is 3.26. The molecule has 0 aromatic carbocycles. The molecule has 1 aliphatic rings. The molecule has 0 radical (unpaired) electrons. The van der Waals surface area contributed by atoms with Crippen LogP contribution in [-0.2, 0) is 11.2 Å². The molecule has 4 nitrogen and oxygen atoms in total. The maximum absolute atomic E-state index is 5.93. The van der Waals surface area contributed by atoms with Gasteiger partial charge in [0.2, 0.25) is 0 Å². The van der Waals surface area contributed by atoms with Crippen molar-refractivity contribution < 1.29 is 4.74 Å². The van der Waals surface area contributed by atoms with Gasteiger partial charge in [0, 0.05) is 25.1 Å². The normalized spacial score (nSPS) is 20.6. The van der Waals surface area contributed by atoms with Crippen LogP contribution in [0.3, 0.4) is 0 Å². The molecule has 2 aromatic rings. The Morgan fingerprint density at radius 3 is 3.10 bits per heavy atom. The van der Waals surface area contributed by atoms with Gasteiger partial charge < -0.3 is 9.30 Å². The highest BCUT2D eigenvalue weighted by Gasteiger charge is 2.27. The first-order chi connectivity index (χ1) is 9.72. The molecule has 108 valence electrons. The number of ether oxygens (including phenoxy) is 1. The first-order valence-corrected chi connectivity index (χ1v) is 7.76. The Bertz CT molecular complexity index is 604. The molecule has 0 saturated carbocycles. The molecule has 2 unspecified atom stereocenters. The predicted molar refractivity (Wildman–Crippen MR) is 80.4 cm³/mol. The van der Waals surface area contributed by atoms with Crippen LogP contribution in [0.4, 0.5) is 0 Å². The van der Waals surface area contributed by atoms with E-state index in [1.165, 1.54) is 0 Å². The Labute approximate surface area is 124 Å². The van der Waals surface area contributed by atoms with Crippen LogP contribution >= 0.6 is 11.6 Å². The number of hydrogen-bond acceptors (Lipinski definition) is 3. The van der Waals surface area contributed by atoms with Crippen LogP contribution in [0.1, 0.15) is 37.2 Å². The van der Waals surface area contributed by atoms with Crippen LogP contribution in [0.5, 0.6) is 0 Å². The Hall–Kier alpha value is -1.13. The minimum absolute atomic E-state index is 0.245. The summed E-state index contributed by atoms with van der Waals surface area (Å²) in [6, 6.07) is 2.25. The summed E-state index contributed by atoms with van der Waals surface area (Å²) in [6.07, 6.45) is 5.10. The van der Waals surface area contributed by atoms with Crippen LogP contribution in [0.2, 0.25) is 0 Å². The highest BCUT2D eigenvalue weighted by Crippen LogP contribution is 2.29. The second-order valence-corrected chi connectivity index (χ2v) is 5.81. The molecule has 0 spiro atoms. The molecule has 0 bridgehead atoms. The number of aryl methyl sites for hydroxylation is 2. The standard InChI is InChI=1S/C15H20ClN3O/c1-10-6-8-17-15-14(10)18-13(5-7-16)19(15)11(2)12-4-3-9-20-12/h6,8,11-12H,3-5,7,9H2,1-2H3. The number of hydrogen-bond donors (Lipinski definition) is 0. The summed E-state index contributed by atoms with van der Waals surface area (Å²) in [6.45, 7) is 5.13. The summed E-state index contributed by atoms with van der Waals surface area (Å²) < 4.78 is 8.06. The second-order valence-electron chi connectivity index (χ2n) is 5.43. The van der Waals surface area contributed by atoms with E-state index in [0.29, 0.717) is 5.88 Å². The molecule has 0 aliphatic carbocycles. The summed E-state index contributed by atoms with van der Waals surface area (Å²) in [5, 5.41) is 0. The molecule has 2 aromatic heterocycles. The third-order valence-electron chi connectivity index (χ3n) is 4.08. The fourth-order valence-corrected chi connectivity index (χ4v) is 3.16. The highest BCUT2D eigenvalue weighted by atomic mass is 35.5. The molecule has 5 heteroatoms. The number of pyridine rings is 1. The lowest BCUT2D eigenvalue weighted by Gasteiger charge is -2.22. The summed E-state index contributed by atoms with van der Waals surface area (Å²) >= 11 is 5.93. The summed E-state index contributed by atoms with van der Waals surface area (Å²) in [5.41, 5.74) is 3.09. The van der Waals surface area contributed by atoms with E-state index in [2.05, 4.69) is 23.4 Å². The van der Waals surface area contributed by atoms with Crippen LogP contribution in [0, 0.1) is 6.92 Å². The zero-order valence-electron chi connectivity index (χ0n) is 12.0.